The van der Waals surface area contributed by atoms with Gasteiger partial charge < -0.3 is 5.73 Å². The Bertz CT molecular complexity index is 994. The van der Waals surface area contributed by atoms with Gasteiger partial charge >= 0.3 is 0 Å². The van der Waals surface area contributed by atoms with Crippen LogP contribution < -0.4 is 5.73 Å². The molecule has 0 radical (unpaired) electrons. The molecule has 0 atom stereocenters. The quantitative estimate of drug-likeness (QED) is 0.611. The Morgan fingerprint density at radius 3 is 2.48 bits per heavy atom. The van der Waals surface area contributed by atoms with Crippen LogP contribution >= 0.6 is 11.6 Å². The van der Waals surface area contributed by atoms with Crippen molar-refractivity contribution >= 4 is 23.1 Å². The Hall–Kier alpha value is -2.92. The van der Waals surface area contributed by atoms with Gasteiger partial charge in [-0.2, -0.15) is 5.10 Å². The highest BCUT2D eigenvalue weighted by Gasteiger charge is 2.15. The second kappa shape index (κ2) is 5.37. The predicted octanol–water partition coefficient (Wildman–Crippen LogP) is 3.69. The molecule has 2 heterocycles. The summed E-state index contributed by atoms with van der Waals surface area (Å²) in [6, 6.07) is 17.3. The van der Waals surface area contributed by atoms with Gasteiger partial charge in [0, 0.05) is 16.1 Å². The number of nitrogens with two attached hydrogens (primary N) is 1. The summed E-state index contributed by atoms with van der Waals surface area (Å²) in [6.45, 7) is 0. The van der Waals surface area contributed by atoms with Gasteiger partial charge in [0.15, 0.2) is 11.5 Å². The molecule has 0 fully saturated rings. The van der Waals surface area contributed by atoms with Crippen molar-refractivity contribution in [1.82, 2.24) is 19.8 Å². The lowest BCUT2D eigenvalue weighted by molar-refractivity contribution is 0.905. The Morgan fingerprint density at radius 2 is 1.70 bits per heavy atom. The molecule has 0 bridgehead atoms. The minimum atomic E-state index is 0.337. The van der Waals surface area contributed by atoms with Gasteiger partial charge in [-0.15, -0.1) is 10.2 Å². The van der Waals surface area contributed by atoms with Crippen LogP contribution in [-0.4, -0.2) is 19.8 Å². The summed E-state index contributed by atoms with van der Waals surface area (Å²) in [6.07, 6.45) is 1.75. The monoisotopic (exact) mass is 321 g/mol. The van der Waals surface area contributed by atoms with E-state index in [4.69, 9.17) is 17.3 Å². The van der Waals surface area contributed by atoms with Crippen LogP contribution in [0.2, 0.25) is 5.02 Å². The van der Waals surface area contributed by atoms with Gasteiger partial charge in [0.2, 0.25) is 0 Å². The normalized spacial score (nSPS) is 11.0. The molecular formula is C17H12ClN5. The maximum atomic E-state index is 6.08. The molecule has 2 aromatic carbocycles. The number of aromatic nitrogens is 4. The van der Waals surface area contributed by atoms with E-state index >= 15 is 0 Å². The molecule has 6 heteroatoms. The maximum Gasteiger partial charge on any atom is 0.185 e. The van der Waals surface area contributed by atoms with Crippen molar-refractivity contribution in [3.8, 4) is 22.4 Å². The highest BCUT2D eigenvalue weighted by molar-refractivity contribution is 6.30. The molecule has 0 aliphatic heterocycles. The topological polar surface area (TPSA) is 69.1 Å². The highest BCUT2D eigenvalue weighted by atomic mass is 35.5. The SMILES string of the molecule is Nc1nnc2c(-c3cccc(Cl)c3)cnn2c1-c1ccccc1. The number of halogens is 1. The lowest BCUT2D eigenvalue weighted by atomic mass is 10.1. The molecule has 0 saturated carbocycles. The van der Waals surface area contributed by atoms with E-state index in [0.717, 1.165) is 22.4 Å². The lowest BCUT2D eigenvalue weighted by Gasteiger charge is -2.07. The first-order valence-corrected chi connectivity index (χ1v) is 7.43. The zero-order valence-corrected chi connectivity index (χ0v) is 12.8. The van der Waals surface area contributed by atoms with Gasteiger partial charge in [-0.3, -0.25) is 0 Å². The number of fused-ring (bicyclic) bond motifs is 1. The Morgan fingerprint density at radius 1 is 0.913 bits per heavy atom. The van der Waals surface area contributed by atoms with Crippen LogP contribution in [0.4, 0.5) is 5.82 Å². The van der Waals surface area contributed by atoms with Crippen LogP contribution in [0.5, 0.6) is 0 Å². The van der Waals surface area contributed by atoms with Crippen molar-refractivity contribution in [2.45, 2.75) is 0 Å². The Labute approximate surface area is 137 Å². The molecule has 4 rings (SSSR count). The van der Waals surface area contributed by atoms with E-state index in [-0.39, 0.29) is 0 Å². The van der Waals surface area contributed by atoms with Crippen LogP contribution in [0.1, 0.15) is 0 Å². The fraction of sp³-hybridized carbons (Fsp3) is 0. The molecule has 0 amide bonds. The molecule has 0 aliphatic carbocycles. The van der Waals surface area contributed by atoms with Crippen LogP contribution in [0.3, 0.4) is 0 Å². The van der Waals surface area contributed by atoms with Crippen LogP contribution in [0.25, 0.3) is 28.0 Å². The fourth-order valence-electron chi connectivity index (χ4n) is 2.58. The van der Waals surface area contributed by atoms with Crippen LogP contribution in [-0.2, 0) is 0 Å². The largest absolute Gasteiger partial charge is 0.380 e. The van der Waals surface area contributed by atoms with Crippen LogP contribution in [0.15, 0.2) is 60.8 Å². The summed E-state index contributed by atoms with van der Waals surface area (Å²) in [5.41, 5.74) is 10.1. The molecule has 0 unspecified atom stereocenters. The van der Waals surface area contributed by atoms with Crippen molar-refractivity contribution in [3.05, 3.63) is 65.8 Å². The van der Waals surface area contributed by atoms with Gasteiger partial charge in [-0.05, 0) is 17.7 Å². The number of anilines is 1. The highest BCUT2D eigenvalue weighted by Crippen LogP contribution is 2.30. The number of benzene rings is 2. The first kappa shape index (κ1) is 13.7. The number of nitrogens with zero attached hydrogens (tertiary/aromatic N) is 4. The minimum Gasteiger partial charge on any atom is -0.380 e. The number of hydrogen-bond donors (Lipinski definition) is 1. The summed E-state index contributed by atoms with van der Waals surface area (Å²) in [5, 5.41) is 13.4. The van der Waals surface area contributed by atoms with Gasteiger partial charge in [0.1, 0.15) is 5.69 Å². The summed E-state index contributed by atoms with van der Waals surface area (Å²) >= 11 is 6.08. The van der Waals surface area contributed by atoms with Crippen molar-refractivity contribution in [2.75, 3.05) is 5.73 Å². The predicted molar refractivity (Wildman–Crippen MR) is 91.1 cm³/mol. The molecule has 0 spiro atoms. The summed E-state index contributed by atoms with van der Waals surface area (Å²) in [5.74, 6) is 0.337. The molecule has 112 valence electrons. The van der Waals surface area contributed by atoms with Crippen molar-refractivity contribution < 1.29 is 0 Å². The first-order chi connectivity index (χ1) is 11.2. The average molecular weight is 322 g/mol. The molecule has 23 heavy (non-hydrogen) atoms. The third-order valence-corrected chi connectivity index (χ3v) is 3.87. The van der Waals surface area contributed by atoms with Gasteiger partial charge in [0.25, 0.3) is 0 Å². The molecule has 2 N–H and O–H groups in total. The summed E-state index contributed by atoms with van der Waals surface area (Å²) in [7, 11) is 0. The summed E-state index contributed by atoms with van der Waals surface area (Å²) in [4.78, 5) is 0. The molecule has 2 aromatic heterocycles. The van der Waals surface area contributed by atoms with E-state index in [2.05, 4.69) is 15.3 Å². The van der Waals surface area contributed by atoms with E-state index in [9.17, 15) is 0 Å². The molecule has 0 saturated heterocycles. The van der Waals surface area contributed by atoms with Gasteiger partial charge in [-0.25, -0.2) is 4.52 Å². The smallest absolute Gasteiger partial charge is 0.185 e. The lowest BCUT2D eigenvalue weighted by Crippen LogP contribution is -2.05. The molecule has 5 nitrogen and oxygen atoms in total. The average Bonchev–Trinajstić information content (AvgIpc) is 2.99. The van der Waals surface area contributed by atoms with E-state index in [1.54, 1.807) is 10.7 Å². The Kier molecular flexibility index (Phi) is 3.20. The summed E-state index contributed by atoms with van der Waals surface area (Å²) < 4.78 is 1.72. The van der Waals surface area contributed by atoms with Gasteiger partial charge in [0.05, 0.1) is 6.20 Å². The zero-order chi connectivity index (χ0) is 15.8. The molecular weight excluding hydrogens is 310 g/mol. The first-order valence-electron chi connectivity index (χ1n) is 7.05. The van der Waals surface area contributed by atoms with E-state index in [1.807, 2.05) is 54.6 Å². The van der Waals surface area contributed by atoms with E-state index in [1.165, 1.54) is 0 Å². The third kappa shape index (κ3) is 2.31. The fourth-order valence-corrected chi connectivity index (χ4v) is 2.78. The number of nitrogen functional groups attached to an aromatic ring is 1. The van der Waals surface area contributed by atoms with Gasteiger partial charge in [-0.1, -0.05) is 54.1 Å². The maximum absolute atomic E-state index is 6.08. The zero-order valence-electron chi connectivity index (χ0n) is 12.0. The minimum absolute atomic E-state index is 0.337. The van der Waals surface area contributed by atoms with Crippen LogP contribution in [0, 0.1) is 0 Å². The molecule has 4 aromatic rings. The second-order valence-corrected chi connectivity index (χ2v) is 5.54. The van der Waals surface area contributed by atoms with E-state index < -0.39 is 0 Å². The van der Waals surface area contributed by atoms with Crippen molar-refractivity contribution in [3.63, 3.8) is 0 Å². The number of rotatable bonds is 2. The molecule has 0 aliphatic rings. The standard InChI is InChI=1S/C17H12ClN5/c18-13-8-4-7-12(9-13)14-10-20-23-15(11-5-2-1-3-6-11)16(19)21-22-17(14)23/h1-10H,19H2. The number of hydrogen-bond acceptors (Lipinski definition) is 4. The Balaban J connectivity index is 1.99. The third-order valence-electron chi connectivity index (χ3n) is 3.63. The van der Waals surface area contributed by atoms with E-state index in [0.29, 0.717) is 16.5 Å². The van der Waals surface area contributed by atoms with Crippen molar-refractivity contribution in [1.29, 1.82) is 0 Å². The van der Waals surface area contributed by atoms with Crippen molar-refractivity contribution in [2.24, 2.45) is 0 Å². The second-order valence-electron chi connectivity index (χ2n) is 5.10.